The second kappa shape index (κ2) is 11.9. The van der Waals surface area contributed by atoms with Gasteiger partial charge in [0.25, 0.3) is 11.8 Å². The van der Waals surface area contributed by atoms with E-state index in [9.17, 15) is 14.4 Å². The van der Waals surface area contributed by atoms with E-state index in [4.69, 9.17) is 14.5 Å². The summed E-state index contributed by atoms with van der Waals surface area (Å²) in [5, 5.41) is 0.860. The molecule has 0 saturated carbocycles. The van der Waals surface area contributed by atoms with Crippen LogP contribution in [0, 0.1) is 13.8 Å². The number of hydrogen-bond acceptors (Lipinski definition) is 7. The first-order valence-corrected chi connectivity index (χ1v) is 15.0. The molecule has 1 unspecified atom stereocenters. The van der Waals surface area contributed by atoms with Gasteiger partial charge in [-0.15, -0.1) is 11.3 Å². The molecule has 3 amide bonds. The normalized spacial score (nSPS) is 14.7. The largest absolute Gasteiger partial charge is 0.493 e. The fourth-order valence-corrected chi connectivity index (χ4v) is 6.46. The van der Waals surface area contributed by atoms with Gasteiger partial charge < -0.3 is 14.4 Å². The van der Waals surface area contributed by atoms with Gasteiger partial charge in [0.15, 0.2) is 11.5 Å². The maximum Gasteiger partial charge on any atom is 0.257 e. The molecule has 8 nitrogen and oxygen atoms in total. The first-order valence-electron chi connectivity index (χ1n) is 14.2. The van der Waals surface area contributed by atoms with Gasteiger partial charge in [-0.05, 0) is 79.6 Å². The fraction of sp³-hybridized carbons (Fsp3) is 0.200. The second-order valence-corrected chi connectivity index (χ2v) is 11.8. The van der Waals surface area contributed by atoms with E-state index in [-0.39, 0.29) is 24.8 Å². The summed E-state index contributed by atoms with van der Waals surface area (Å²) in [7, 11) is 3.02. The first kappa shape index (κ1) is 29.1. The standard InChI is InChI=1S/C35H31N3O5S/c1-21-5-8-23(9-6-21)20-37(34(40)25-12-16-29(42-3)30(18-25)43-4)28-19-32(39)38(35(28)41)26-13-10-24(11-14-26)33-36-27-15-7-22(2)17-31(27)44-33/h5-18,28H,19-20H2,1-4H3. The molecule has 1 aliphatic heterocycles. The van der Waals surface area contributed by atoms with Crippen molar-refractivity contribution < 1.29 is 23.9 Å². The molecule has 1 fully saturated rings. The molecule has 0 bridgehead atoms. The smallest absolute Gasteiger partial charge is 0.257 e. The highest BCUT2D eigenvalue weighted by molar-refractivity contribution is 7.21. The zero-order valence-corrected chi connectivity index (χ0v) is 25.7. The monoisotopic (exact) mass is 605 g/mol. The first-order chi connectivity index (χ1) is 21.2. The van der Waals surface area contributed by atoms with Crippen LogP contribution in [0.25, 0.3) is 20.8 Å². The number of amides is 3. The number of aryl methyl sites for hydroxylation is 2. The molecule has 44 heavy (non-hydrogen) atoms. The molecule has 0 radical (unpaired) electrons. The Morgan fingerprint density at radius 3 is 2.30 bits per heavy atom. The van der Waals surface area contributed by atoms with Crippen LogP contribution in [0.15, 0.2) is 84.9 Å². The summed E-state index contributed by atoms with van der Waals surface area (Å²) in [6.45, 7) is 4.19. The SMILES string of the molecule is COc1ccc(C(=O)N(Cc2ccc(C)cc2)C2CC(=O)N(c3ccc(-c4nc5ccc(C)cc5s4)cc3)C2=O)cc1OC. The van der Waals surface area contributed by atoms with Gasteiger partial charge in [-0.25, -0.2) is 9.88 Å². The lowest BCUT2D eigenvalue weighted by Gasteiger charge is -2.28. The van der Waals surface area contributed by atoms with Gasteiger partial charge in [0, 0.05) is 17.7 Å². The van der Waals surface area contributed by atoms with E-state index < -0.39 is 11.9 Å². The van der Waals surface area contributed by atoms with E-state index in [1.807, 2.05) is 62.4 Å². The highest BCUT2D eigenvalue weighted by Gasteiger charge is 2.44. The zero-order chi connectivity index (χ0) is 31.0. The molecular weight excluding hydrogens is 574 g/mol. The maximum absolute atomic E-state index is 14.0. The third kappa shape index (κ3) is 5.54. The Kier molecular flexibility index (Phi) is 7.88. The van der Waals surface area contributed by atoms with Gasteiger partial charge in [0.1, 0.15) is 11.0 Å². The van der Waals surface area contributed by atoms with Crippen molar-refractivity contribution in [3.8, 4) is 22.1 Å². The van der Waals surface area contributed by atoms with Crippen molar-refractivity contribution in [2.24, 2.45) is 0 Å². The van der Waals surface area contributed by atoms with Crippen LogP contribution in [-0.2, 0) is 16.1 Å². The van der Waals surface area contributed by atoms with E-state index in [0.29, 0.717) is 22.7 Å². The predicted octanol–water partition coefficient (Wildman–Crippen LogP) is 6.57. The molecule has 0 aliphatic carbocycles. The second-order valence-electron chi connectivity index (χ2n) is 10.8. The lowest BCUT2D eigenvalue weighted by Crippen LogP contribution is -2.45. The van der Waals surface area contributed by atoms with Gasteiger partial charge in [0.2, 0.25) is 5.91 Å². The lowest BCUT2D eigenvalue weighted by molar-refractivity contribution is -0.122. The van der Waals surface area contributed by atoms with E-state index >= 15 is 0 Å². The molecule has 4 aromatic carbocycles. The van der Waals surface area contributed by atoms with Crippen LogP contribution < -0.4 is 14.4 Å². The van der Waals surface area contributed by atoms with E-state index in [1.54, 1.807) is 41.7 Å². The molecule has 2 heterocycles. The number of imide groups is 1. The number of methoxy groups -OCH3 is 2. The van der Waals surface area contributed by atoms with Crippen LogP contribution >= 0.6 is 11.3 Å². The molecule has 1 saturated heterocycles. The number of rotatable bonds is 8. The van der Waals surface area contributed by atoms with Crippen molar-refractivity contribution in [3.05, 3.63) is 107 Å². The van der Waals surface area contributed by atoms with Gasteiger partial charge >= 0.3 is 0 Å². The van der Waals surface area contributed by atoms with E-state index in [2.05, 4.69) is 6.07 Å². The van der Waals surface area contributed by atoms with E-state index in [0.717, 1.165) is 31.9 Å². The highest BCUT2D eigenvalue weighted by atomic mass is 32.1. The predicted molar refractivity (Wildman–Crippen MR) is 171 cm³/mol. The van der Waals surface area contributed by atoms with Crippen molar-refractivity contribution in [2.45, 2.75) is 32.9 Å². The van der Waals surface area contributed by atoms with Crippen LogP contribution in [-0.4, -0.2) is 47.9 Å². The van der Waals surface area contributed by atoms with Crippen LogP contribution in [0.5, 0.6) is 11.5 Å². The number of aromatic nitrogens is 1. The van der Waals surface area contributed by atoms with Gasteiger partial charge in [-0.3, -0.25) is 14.4 Å². The Balaban J connectivity index is 1.30. The Labute approximate surface area is 259 Å². The lowest BCUT2D eigenvalue weighted by atomic mass is 10.1. The minimum Gasteiger partial charge on any atom is -0.493 e. The molecular formula is C35H31N3O5S. The van der Waals surface area contributed by atoms with Gasteiger partial charge in [-0.2, -0.15) is 0 Å². The highest BCUT2D eigenvalue weighted by Crippen LogP contribution is 2.34. The van der Waals surface area contributed by atoms with Crippen LogP contribution in [0.1, 0.15) is 33.5 Å². The summed E-state index contributed by atoms with van der Waals surface area (Å²) in [6, 6.07) is 25.0. The molecule has 222 valence electrons. The quantitative estimate of drug-likeness (QED) is 0.186. The third-order valence-electron chi connectivity index (χ3n) is 7.78. The number of hydrogen-bond donors (Lipinski definition) is 0. The summed E-state index contributed by atoms with van der Waals surface area (Å²) >= 11 is 1.60. The van der Waals surface area contributed by atoms with Crippen molar-refractivity contribution in [3.63, 3.8) is 0 Å². The topological polar surface area (TPSA) is 89.0 Å². The van der Waals surface area contributed by atoms with Gasteiger partial charge in [0.05, 0.1) is 36.5 Å². The average Bonchev–Trinajstić information content (AvgIpc) is 3.59. The average molecular weight is 606 g/mol. The van der Waals surface area contributed by atoms with Crippen molar-refractivity contribution in [1.82, 2.24) is 9.88 Å². The zero-order valence-electron chi connectivity index (χ0n) is 24.9. The van der Waals surface area contributed by atoms with Crippen LogP contribution in [0.3, 0.4) is 0 Å². The number of nitrogens with zero attached hydrogens (tertiary/aromatic N) is 3. The summed E-state index contributed by atoms with van der Waals surface area (Å²) in [5.41, 5.74) is 5.70. The van der Waals surface area contributed by atoms with Gasteiger partial charge in [-0.1, -0.05) is 35.9 Å². The number of anilines is 1. The Hall–Kier alpha value is -5.02. The summed E-state index contributed by atoms with van der Waals surface area (Å²) < 4.78 is 11.8. The molecule has 6 rings (SSSR count). The van der Waals surface area contributed by atoms with E-state index in [1.165, 1.54) is 29.6 Å². The molecule has 1 aromatic heterocycles. The summed E-state index contributed by atoms with van der Waals surface area (Å²) in [5.74, 6) is -0.318. The Morgan fingerprint density at radius 2 is 1.59 bits per heavy atom. The minimum absolute atomic E-state index is 0.122. The molecule has 0 spiro atoms. The Morgan fingerprint density at radius 1 is 0.886 bits per heavy atom. The maximum atomic E-state index is 14.0. The number of ether oxygens (including phenoxy) is 2. The number of benzene rings is 4. The summed E-state index contributed by atoms with van der Waals surface area (Å²) in [6.07, 6.45) is -0.122. The number of fused-ring (bicyclic) bond motifs is 1. The number of carbonyl (C=O) groups excluding carboxylic acids is 3. The van der Waals surface area contributed by atoms with Crippen molar-refractivity contribution in [1.29, 1.82) is 0 Å². The van der Waals surface area contributed by atoms with Crippen LogP contribution in [0.2, 0.25) is 0 Å². The van der Waals surface area contributed by atoms with Crippen molar-refractivity contribution in [2.75, 3.05) is 19.1 Å². The van der Waals surface area contributed by atoms with Crippen molar-refractivity contribution >= 4 is 45.0 Å². The number of carbonyl (C=O) groups is 3. The summed E-state index contributed by atoms with van der Waals surface area (Å²) in [4.78, 5) is 48.7. The number of thiazole rings is 1. The third-order valence-corrected chi connectivity index (χ3v) is 8.85. The molecule has 9 heteroatoms. The minimum atomic E-state index is -0.975. The molecule has 1 aliphatic rings. The Bertz CT molecular complexity index is 1880. The fourth-order valence-electron chi connectivity index (χ4n) is 5.39. The molecule has 5 aromatic rings. The van der Waals surface area contributed by atoms with Crippen LogP contribution in [0.4, 0.5) is 5.69 Å². The molecule has 0 N–H and O–H groups in total. The molecule has 1 atom stereocenters.